The Labute approximate surface area is 138 Å². The molecule has 0 amide bonds. The molecule has 0 radical (unpaired) electrons. The van der Waals surface area contributed by atoms with Crippen molar-refractivity contribution in [3.05, 3.63) is 58.1 Å². The summed E-state index contributed by atoms with van der Waals surface area (Å²) in [4.78, 5) is 0.164. The van der Waals surface area contributed by atoms with Crippen LogP contribution in [0.4, 0.5) is 5.69 Å². The predicted molar refractivity (Wildman–Crippen MR) is 88.1 cm³/mol. The van der Waals surface area contributed by atoms with Crippen molar-refractivity contribution in [3.63, 3.8) is 0 Å². The molecule has 112 valence electrons. The second-order valence-corrected chi connectivity index (χ2v) is 7.28. The van der Waals surface area contributed by atoms with E-state index < -0.39 is 10.0 Å². The minimum Gasteiger partial charge on any atom is -0.280 e. The van der Waals surface area contributed by atoms with Gasteiger partial charge in [-0.25, -0.2) is 8.42 Å². The first-order valence-electron chi connectivity index (χ1n) is 6.04. The fourth-order valence-corrected chi connectivity index (χ4v) is 3.56. The molecule has 7 heteroatoms. The summed E-state index contributed by atoms with van der Waals surface area (Å²) in [5.74, 6) is 0.491. The first-order valence-corrected chi connectivity index (χ1v) is 8.82. The molecule has 0 aliphatic heterocycles. The predicted octanol–water partition coefficient (Wildman–Crippen LogP) is 4.58. The number of anilines is 1. The molecule has 0 spiro atoms. The van der Waals surface area contributed by atoms with E-state index in [1.807, 2.05) is 0 Å². The van der Waals surface area contributed by atoms with Crippen LogP contribution in [-0.4, -0.2) is 14.3 Å². The molecule has 3 nitrogen and oxygen atoms in total. The summed E-state index contributed by atoms with van der Waals surface area (Å²) in [5.41, 5.74) is 1.30. The van der Waals surface area contributed by atoms with Crippen LogP contribution in [0.2, 0.25) is 10.0 Å². The summed E-state index contributed by atoms with van der Waals surface area (Å²) in [6.45, 7) is 0. The molecule has 0 unspecified atom stereocenters. The average molecular weight is 365 g/mol. The zero-order valence-corrected chi connectivity index (χ0v) is 13.9. The van der Waals surface area contributed by atoms with Gasteiger partial charge in [0.25, 0.3) is 10.0 Å². The van der Waals surface area contributed by atoms with Crippen molar-refractivity contribution >= 4 is 50.5 Å². The summed E-state index contributed by atoms with van der Waals surface area (Å²) in [7, 11) is -3.68. The summed E-state index contributed by atoms with van der Waals surface area (Å²) >= 11 is 17.3. The molecule has 0 aromatic heterocycles. The third-order valence-electron chi connectivity index (χ3n) is 2.73. The minimum absolute atomic E-state index is 0.164. The summed E-state index contributed by atoms with van der Waals surface area (Å²) in [6.07, 6.45) is 0.694. The largest absolute Gasteiger partial charge is 0.280 e. The summed E-state index contributed by atoms with van der Waals surface area (Å²) < 4.78 is 27.0. The number of sulfonamides is 1. The van der Waals surface area contributed by atoms with Crippen LogP contribution in [0.3, 0.4) is 0 Å². The maximum Gasteiger partial charge on any atom is 0.261 e. The lowest BCUT2D eigenvalue weighted by molar-refractivity contribution is 0.601. The van der Waals surface area contributed by atoms with E-state index in [-0.39, 0.29) is 4.90 Å². The smallest absolute Gasteiger partial charge is 0.261 e. The molecule has 0 aliphatic rings. The Morgan fingerprint density at radius 2 is 1.52 bits per heavy atom. The van der Waals surface area contributed by atoms with E-state index in [4.69, 9.17) is 34.8 Å². The Morgan fingerprint density at radius 3 is 2.05 bits per heavy atom. The van der Waals surface area contributed by atoms with Crippen molar-refractivity contribution < 1.29 is 8.42 Å². The van der Waals surface area contributed by atoms with E-state index in [0.717, 1.165) is 5.56 Å². The van der Waals surface area contributed by atoms with Gasteiger partial charge in [-0.3, -0.25) is 4.72 Å². The standard InChI is InChI=1S/C14H12Cl3NO2S/c15-6-5-10-1-3-14(4-2-10)21(19,20)18-13-8-11(16)7-12(17)9-13/h1-4,7-9,18H,5-6H2. The van der Waals surface area contributed by atoms with Gasteiger partial charge in [0.1, 0.15) is 0 Å². The first kappa shape index (κ1) is 16.4. The topological polar surface area (TPSA) is 46.2 Å². The van der Waals surface area contributed by atoms with E-state index in [2.05, 4.69) is 4.72 Å². The van der Waals surface area contributed by atoms with Gasteiger partial charge < -0.3 is 0 Å². The lowest BCUT2D eigenvalue weighted by Gasteiger charge is -2.09. The molecular formula is C14H12Cl3NO2S. The maximum atomic E-state index is 12.3. The Kier molecular flexibility index (Phi) is 5.38. The summed E-state index contributed by atoms with van der Waals surface area (Å²) in [6, 6.07) is 11.1. The number of benzene rings is 2. The van der Waals surface area contributed by atoms with Crippen LogP contribution in [0.25, 0.3) is 0 Å². The van der Waals surface area contributed by atoms with E-state index in [1.165, 1.54) is 30.3 Å². The molecule has 0 bridgehead atoms. The van der Waals surface area contributed by atoms with Gasteiger partial charge in [-0.15, -0.1) is 11.6 Å². The Morgan fingerprint density at radius 1 is 0.952 bits per heavy atom. The van der Waals surface area contributed by atoms with Gasteiger partial charge in [0.2, 0.25) is 0 Å². The Bertz CT molecular complexity index is 710. The highest BCUT2D eigenvalue weighted by Crippen LogP contribution is 2.24. The van der Waals surface area contributed by atoms with E-state index in [9.17, 15) is 8.42 Å². The van der Waals surface area contributed by atoms with Crippen molar-refractivity contribution in [3.8, 4) is 0 Å². The quantitative estimate of drug-likeness (QED) is 0.790. The zero-order valence-electron chi connectivity index (χ0n) is 10.8. The molecule has 1 N–H and O–H groups in total. The number of rotatable bonds is 5. The fraction of sp³-hybridized carbons (Fsp3) is 0.143. The lowest BCUT2D eigenvalue weighted by atomic mass is 10.2. The van der Waals surface area contributed by atoms with Gasteiger partial charge in [0.15, 0.2) is 0 Å². The molecule has 0 saturated heterocycles. The number of hydrogen-bond donors (Lipinski definition) is 1. The van der Waals surface area contributed by atoms with Crippen molar-refractivity contribution in [1.82, 2.24) is 0 Å². The number of hydrogen-bond acceptors (Lipinski definition) is 2. The third kappa shape index (κ3) is 4.51. The van der Waals surface area contributed by atoms with Crippen LogP contribution in [0, 0.1) is 0 Å². The molecule has 2 rings (SSSR count). The molecule has 0 heterocycles. The van der Waals surface area contributed by atoms with E-state index in [1.54, 1.807) is 12.1 Å². The van der Waals surface area contributed by atoms with Crippen LogP contribution in [0.15, 0.2) is 47.4 Å². The van der Waals surface area contributed by atoms with Crippen LogP contribution < -0.4 is 4.72 Å². The lowest BCUT2D eigenvalue weighted by Crippen LogP contribution is -2.13. The average Bonchev–Trinajstić information content (AvgIpc) is 2.38. The van der Waals surface area contributed by atoms with Crippen LogP contribution in [0.5, 0.6) is 0 Å². The molecule has 21 heavy (non-hydrogen) atoms. The van der Waals surface area contributed by atoms with Gasteiger partial charge in [0.05, 0.1) is 10.6 Å². The van der Waals surface area contributed by atoms with Crippen molar-refractivity contribution in [1.29, 1.82) is 0 Å². The Hall–Kier alpha value is -0.940. The van der Waals surface area contributed by atoms with Crippen molar-refractivity contribution in [2.75, 3.05) is 10.6 Å². The Balaban J connectivity index is 2.25. The fourth-order valence-electron chi connectivity index (χ4n) is 1.77. The zero-order chi connectivity index (χ0) is 15.5. The first-order chi connectivity index (χ1) is 9.90. The van der Waals surface area contributed by atoms with Gasteiger partial charge in [-0.05, 0) is 42.3 Å². The molecule has 0 atom stereocenters. The maximum absolute atomic E-state index is 12.3. The second-order valence-electron chi connectivity index (χ2n) is 4.35. The van der Waals surface area contributed by atoms with Gasteiger partial charge in [-0.1, -0.05) is 35.3 Å². The van der Waals surface area contributed by atoms with Gasteiger partial charge in [-0.2, -0.15) is 0 Å². The van der Waals surface area contributed by atoms with Crippen molar-refractivity contribution in [2.45, 2.75) is 11.3 Å². The normalized spacial score (nSPS) is 11.4. The van der Waals surface area contributed by atoms with Gasteiger partial charge >= 0.3 is 0 Å². The van der Waals surface area contributed by atoms with Crippen LogP contribution in [0.1, 0.15) is 5.56 Å². The highest BCUT2D eigenvalue weighted by molar-refractivity contribution is 7.92. The molecule has 0 saturated carbocycles. The highest BCUT2D eigenvalue weighted by atomic mass is 35.5. The SMILES string of the molecule is O=S(=O)(Nc1cc(Cl)cc(Cl)c1)c1ccc(CCCl)cc1. The molecule has 0 fully saturated rings. The van der Waals surface area contributed by atoms with Crippen LogP contribution >= 0.6 is 34.8 Å². The van der Waals surface area contributed by atoms with E-state index in [0.29, 0.717) is 28.0 Å². The molecule has 2 aromatic carbocycles. The molecular weight excluding hydrogens is 353 g/mol. The third-order valence-corrected chi connectivity index (χ3v) is 4.75. The molecule has 2 aromatic rings. The van der Waals surface area contributed by atoms with Crippen molar-refractivity contribution in [2.24, 2.45) is 0 Å². The summed E-state index contributed by atoms with van der Waals surface area (Å²) in [5, 5.41) is 0.718. The number of nitrogens with one attached hydrogen (secondary N) is 1. The number of alkyl halides is 1. The second kappa shape index (κ2) is 6.88. The minimum atomic E-state index is -3.68. The molecule has 0 aliphatic carbocycles. The monoisotopic (exact) mass is 363 g/mol. The highest BCUT2D eigenvalue weighted by Gasteiger charge is 2.14. The van der Waals surface area contributed by atoms with Crippen LogP contribution in [-0.2, 0) is 16.4 Å². The number of halogens is 3. The van der Waals surface area contributed by atoms with E-state index >= 15 is 0 Å². The van der Waals surface area contributed by atoms with Gasteiger partial charge in [0, 0.05) is 15.9 Å². The number of aryl methyl sites for hydroxylation is 1.